The summed E-state index contributed by atoms with van der Waals surface area (Å²) in [6.07, 6.45) is 2.51. The van der Waals surface area contributed by atoms with Gasteiger partial charge in [-0.15, -0.1) is 0 Å². The lowest BCUT2D eigenvalue weighted by molar-refractivity contribution is -0.132. The minimum absolute atomic E-state index is 0.116. The number of nitrogens with zero attached hydrogens (tertiary/aromatic N) is 2. The first kappa shape index (κ1) is 17.8. The van der Waals surface area contributed by atoms with E-state index in [-0.39, 0.29) is 11.8 Å². The number of hydrogen-bond donors (Lipinski definition) is 0. The average molecular weight is 362 g/mol. The number of likely N-dealkylation sites (tertiary alicyclic amines) is 2. The third-order valence-electron chi connectivity index (χ3n) is 5.97. The minimum Gasteiger partial charge on any atom is -0.338 e. The number of carbonyl (C=O) groups is 2. The van der Waals surface area contributed by atoms with Crippen LogP contribution in [0.15, 0.2) is 60.7 Å². The lowest BCUT2D eigenvalue weighted by Gasteiger charge is -2.37. The Morgan fingerprint density at radius 3 is 2.30 bits per heavy atom. The van der Waals surface area contributed by atoms with Crippen molar-refractivity contribution in [2.45, 2.75) is 25.8 Å². The fourth-order valence-corrected chi connectivity index (χ4v) is 4.40. The summed E-state index contributed by atoms with van der Waals surface area (Å²) < 4.78 is 0. The largest absolute Gasteiger partial charge is 0.338 e. The van der Waals surface area contributed by atoms with Gasteiger partial charge in [-0.2, -0.15) is 0 Å². The van der Waals surface area contributed by atoms with Gasteiger partial charge in [0.1, 0.15) is 0 Å². The normalized spacial score (nSPS) is 22.9. The molecule has 0 aromatic heterocycles. The second-order valence-electron chi connectivity index (χ2n) is 7.72. The first-order chi connectivity index (χ1) is 13.2. The Morgan fingerprint density at radius 2 is 1.56 bits per heavy atom. The molecule has 27 heavy (non-hydrogen) atoms. The number of fused-ring (bicyclic) bond motifs is 1. The van der Waals surface area contributed by atoms with Crippen molar-refractivity contribution in [3.63, 3.8) is 0 Å². The molecule has 4 heteroatoms. The molecule has 0 N–H and O–H groups in total. The van der Waals surface area contributed by atoms with Gasteiger partial charge in [-0.25, -0.2) is 0 Å². The molecule has 2 aliphatic heterocycles. The van der Waals surface area contributed by atoms with E-state index in [0.29, 0.717) is 24.8 Å². The Hall–Kier alpha value is -2.62. The Balaban J connectivity index is 1.41. The van der Waals surface area contributed by atoms with Crippen molar-refractivity contribution in [2.24, 2.45) is 11.8 Å². The monoisotopic (exact) mass is 362 g/mol. The molecular formula is C23H26N2O2. The van der Waals surface area contributed by atoms with Gasteiger partial charge in [0.2, 0.25) is 5.91 Å². The molecule has 4 rings (SSSR count). The van der Waals surface area contributed by atoms with E-state index >= 15 is 0 Å². The molecule has 2 aromatic rings. The highest BCUT2D eigenvalue weighted by Gasteiger charge is 2.36. The predicted octanol–water partition coefficient (Wildman–Crippen LogP) is 3.59. The van der Waals surface area contributed by atoms with Crippen LogP contribution in [0, 0.1) is 11.8 Å². The lowest BCUT2D eigenvalue weighted by atomic mass is 9.82. The quantitative estimate of drug-likeness (QED) is 0.837. The molecule has 2 unspecified atom stereocenters. The van der Waals surface area contributed by atoms with E-state index in [4.69, 9.17) is 0 Å². The zero-order chi connectivity index (χ0) is 18.6. The second kappa shape index (κ2) is 7.95. The molecule has 4 nitrogen and oxygen atoms in total. The van der Waals surface area contributed by atoms with Gasteiger partial charge < -0.3 is 9.80 Å². The molecule has 0 aliphatic carbocycles. The summed E-state index contributed by atoms with van der Waals surface area (Å²) in [5.41, 5.74) is 1.93. The third kappa shape index (κ3) is 4.05. The van der Waals surface area contributed by atoms with Gasteiger partial charge in [-0.1, -0.05) is 48.5 Å². The number of rotatable bonds is 3. The number of hydrogen-bond acceptors (Lipinski definition) is 2. The van der Waals surface area contributed by atoms with Gasteiger partial charge >= 0.3 is 0 Å². The summed E-state index contributed by atoms with van der Waals surface area (Å²) in [6.45, 7) is 2.99. The van der Waals surface area contributed by atoms with Gasteiger partial charge in [0, 0.05) is 38.2 Å². The highest BCUT2D eigenvalue weighted by molar-refractivity contribution is 5.94. The summed E-state index contributed by atoms with van der Waals surface area (Å²) in [5.74, 6) is 1.19. The van der Waals surface area contributed by atoms with Crippen molar-refractivity contribution < 1.29 is 9.59 Å². The van der Waals surface area contributed by atoms with E-state index in [1.54, 1.807) is 0 Å². The maximum absolute atomic E-state index is 12.8. The van der Waals surface area contributed by atoms with E-state index in [1.165, 1.54) is 5.56 Å². The molecule has 2 fully saturated rings. The Bertz CT molecular complexity index is 791. The van der Waals surface area contributed by atoms with Crippen molar-refractivity contribution in [3.8, 4) is 0 Å². The van der Waals surface area contributed by atoms with E-state index in [1.807, 2.05) is 58.3 Å². The molecule has 2 saturated heterocycles. The van der Waals surface area contributed by atoms with Crippen LogP contribution in [-0.4, -0.2) is 41.2 Å². The molecule has 2 aliphatic rings. The third-order valence-corrected chi connectivity index (χ3v) is 5.97. The maximum Gasteiger partial charge on any atom is 0.253 e. The Morgan fingerprint density at radius 1 is 0.889 bits per heavy atom. The van der Waals surface area contributed by atoms with Gasteiger partial charge in [0.25, 0.3) is 5.91 Å². The molecule has 2 heterocycles. The fourth-order valence-electron chi connectivity index (χ4n) is 4.40. The first-order valence-corrected chi connectivity index (χ1v) is 9.87. The zero-order valence-corrected chi connectivity index (χ0v) is 15.6. The summed E-state index contributed by atoms with van der Waals surface area (Å²) in [7, 11) is 0. The molecule has 0 bridgehead atoms. The van der Waals surface area contributed by atoms with E-state index in [0.717, 1.165) is 38.0 Å². The fraction of sp³-hybridized carbons (Fsp3) is 0.391. The van der Waals surface area contributed by atoms with Crippen LogP contribution >= 0.6 is 0 Å². The van der Waals surface area contributed by atoms with Crippen molar-refractivity contribution >= 4 is 11.8 Å². The molecule has 0 radical (unpaired) electrons. The van der Waals surface area contributed by atoms with Gasteiger partial charge in [-0.3, -0.25) is 9.59 Å². The molecule has 0 saturated carbocycles. The second-order valence-corrected chi connectivity index (χ2v) is 7.72. The number of amides is 2. The molecule has 140 valence electrons. The van der Waals surface area contributed by atoms with Crippen molar-refractivity contribution in [1.82, 2.24) is 9.80 Å². The molecule has 2 atom stereocenters. The Labute approximate surface area is 160 Å². The topological polar surface area (TPSA) is 40.6 Å². The first-order valence-electron chi connectivity index (χ1n) is 9.87. The van der Waals surface area contributed by atoms with Gasteiger partial charge in [-0.05, 0) is 42.4 Å². The standard InChI is InChI=1S/C23H26N2O2/c26-22-15-20-11-14-25(23(27)19-9-5-2-6-10-19)17-21(20)12-13-24(22)16-18-7-3-1-4-8-18/h1-10,20-21H,11-17H2. The summed E-state index contributed by atoms with van der Waals surface area (Å²) in [4.78, 5) is 29.5. The molecule has 2 amide bonds. The van der Waals surface area contributed by atoms with E-state index in [9.17, 15) is 9.59 Å². The number of benzene rings is 2. The van der Waals surface area contributed by atoms with Crippen LogP contribution < -0.4 is 0 Å². The lowest BCUT2D eigenvalue weighted by Crippen LogP contribution is -2.43. The van der Waals surface area contributed by atoms with E-state index < -0.39 is 0 Å². The maximum atomic E-state index is 12.8. The highest BCUT2D eigenvalue weighted by atomic mass is 16.2. The van der Waals surface area contributed by atoms with Crippen LogP contribution in [-0.2, 0) is 11.3 Å². The van der Waals surface area contributed by atoms with Crippen molar-refractivity contribution in [3.05, 3.63) is 71.8 Å². The Kier molecular flexibility index (Phi) is 5.23. The van der Waals surface area contributed by atoms with Gasteiger partial charge in [0.15, 0.2) is 0 Å². The summed E-state index contributed by atoms with van der Waals surface area (Å²) >= 11 is 0. The van der Waals surface area contributed by atoms with Crippen LogP contribution in [0.2, 0.25) is 0 Å². The zero-order valence-electron chi connectivity index (χ0n) is 15.6. The summed E-state index contributed by atoms with van der Waals surface area (Å²) in [6, 6.07) is 19.7. The van der Waals surface area contributed by atoms with Crippen molar-refractivity contribution in [2.75, 3.05) is 19.6 Å². The highest BCUT2D eigenvalue weighted by Crippen LogP contribution is 2.33. The van der Waals surface area contributed by atoms with Crippen molar-refractivity contribution in [1.29, 1.82) is 0 Å². The van der Waals surface area contributed by atoms with Crippen LogP contribution in [0.4, 0.5) is 0 Å². The van der Waals surface area contributed by atoms with Crippen LogP contribution in [0.1, 0.15) is 35.2 Å². The number of piperidine rings is 1. The SMILES string of the molecule is O=C1CC2CCN(C(=O)c3ccccc3)CC2CCN1Cc1ccccc1. The summed E-state index contributed by atoms with van der Waals surface area (Å²) in [5, 5.41) is 0. The van der Waals surface area contributed by atoms with Crippen LogP contribution in [0.25, 0.3) is 0 Å². The number of carbonyl (C=O) groups excluding carboxylic acids is 2. The average Bonchev–Trinajstić information content (AvgIpc) is 2.87. The molecule has 0 spiro atoms. The minimum atomic E-state index is 0.116. The van der Waals surface area contributed by atoms with E-state index in [2.05, 4.69) is 12.1 Å². The van der Waals surface area contributed by atoms with Crippen LogP contribution in [0.3, 0.4) is 0 Å². The molecular weight excluding hydrogens is 336 g/mol. The van der Waals surface area contributed by atoms with Crippen LogP contribution in [0.5, 0.6) is 0 Å². The predicted molar refractivity (Wildman–Crippen MR) is 105 cm³/mol. The smallest absolute Gasteiger partial charge is 0.253 e. The van der Waals surface area contributed by atoms with Gasteiger partial charge in [0.05, 0.1) is 0 Å². The molecule has 2 aromatic carbocycles.